The van der Waals surface area contributed by atoms with Crippen LogP contribution in [0.1, 0.15) is 37.7 Å². The highest BCUT2D eigenvalue weighted by molar-refractivity contribution is 5.82. The van der Waals surface area contributed by atoms with Crippen LogP contribution in [0.5, 0.6) is 0 Å². The van der Waals surface area contributed by atoms with E-state index < -0.39 is 0 Å². The lowest BCUT2D eigenvalue weighted by atomic mass is 10.0. The van der Waals surface area contributed by atoms with Gasteiger partial charge in [0.15, 0.2) is 0 Å². The highest BCUT2D eigenvalue weighted by Gasteiger charge is 2.29. The van der Waals surface area contributed by atoms with Crippen LogP contribution in [-0.4, -0.2) is 44.7 Å². The van der Waals surface area contributed by atoms with Gasteiger partial charge in [0.05, 0.1) is 12.6 Å². The van der Waals surface area contributed by atoms with Crippen LogP contribution in [-0.2, 0) is 17.8 Å². The first-order chi connectivity index (χ1) is 11.6. The summed E-state index contributed by atoms with van der Waals surface area (Å²) in [6.07, 6.45) is 3.26. The number of hydrogen-bond acceptors (Lipinski definition) is 4. The molecule has 1 saturated heterocycles. The molecular weight excluding hydrogens is 302 g/mol. The second kappa shape index (κ2) is 7.57. The summed E-state index contributed by atoms with van der Waals surface area (Å²) in [5.74, 6) is 1.02. The quantitative estimate of drug-likeness (QED) is 0.909. The first-order valence-corrected chi connectivity index (χ1v) is 8.59. The Bertz CT molecular complexity index is 667. The molecule has 0 aliphatic carbocycles. The fourth-order valence-electron chi connectivity index (χ4n) is 3.18. The molecule has 3 rings (SSSR count). The highest BCUT2D eigenvalue weighted by Crippen LogP contribution is 2.16. The van der Waals surface area contributed by atoms with E-state index in [4.69, 9.17) is 0 Å². The van der Waals surface area contributed by atoms with Crippen molar-refractivity contribution >= 4 is 5.91 Å². The normalized spacial score (nSPS) is 19.3. The first-order valence-electron chi connectivity index (χ1n) is 8.59. The number of nitrogens with one attached hydrogen (secondary N) is 1. The molecule has 0 saturated carbocycles. The molecule has 0 bridgehead atoms. The number of carbonyl (C=O) groups excluding carboxylic acids is 1. The lowest BCUT2D eigenvalue weighted by Gasteiger charge is -2.28. The van der Waals surface area contributed by atoms with Gasteiger partial charge in [-0.15, -0.1) is 0 Å². The van der Waals surface area contributed by atoms with Crippen molar-refractivity contribution in [3.05, 3.63) is 48.0 Å². The summed E-state index contributed by atoms with van der Waals surface area (Å²) < 4.78 is 1.93. The zero-order chi connectivity index (χ0) is 16.9. The minimum Gasteiger partial charge on any atom is -0.355 e. The number of carbonyl (C=O) groups is 1. The third-order valence-corrected chi connectivity index (χ3v) is 4.42. The van der Waals surface area contributed by atoms with Gasteiger partial charge in [-0.1, -0.05) is 30.3 Å². The van der Waals surface area contributed by atoms with Crippen molar-refractivity contribution in [3.8, 4) is 0 Å². The monoisotopic (exact) mass is 327 g/mol. The molecule has 2 heterocycles. The van der Waals surface area contributed by atoms with E-state index in [1.165, 1.54) is 5.56 Å². The van der Waals surface area contributed by atoms with Gasteiger partial charge in [-0.3, -0.25) is 9.69 Å². The maximum absolute atomic E-state index is 12.6. The molecule has 128 valence electrons. The molecule has 6 nitrogen and oxygen atoms in total. The number of hydrogen-bond donors (Lipinski definition) is 1. The Balaban J connectivity index is 1.81. The van der Waals surface area contributed by atoms with E-state index >= 15 is 0 Å². The van der Waals surface area contributed by atoms with Gasteiger partial charge in [0.1, 0.15) is 12.2 Å². The Morgan fingerprint density at radius 2 is 2.08 bits per heavy atom. The Kier molecular flexibility index (Phi) is 5.25. The van der Waals surface area contributed by atoms with Crippen molar-refractivity contribution in [2.24, 2.45) is 0 Å². The zero-order valence-corrected chi connectivity index (χ0v) is 14.4. The van der Waals surface area contributed by atoms with Crippen LogP contribution in [0.4, 0.5) is 0 Å². The average molecular weight is 327 g/mol. The summed E-state index contributed by atoms with van der Waals surface area (Å²) >= 11 is 0. The number of amides is 1. The van der Waals surface area contributed by atoms with E-state index in [1.807, 2.05) is 22.9 Å². The van der Waals surface area contributed by atoms with Crippen LogP contribution >= 0.6 is 0 Å². The van der Waals surface area contributed by atoms with E-state index in [9.17, 15) is 4.79 Å². The Hall–Kier alpha value is -2.21. The molecule has 1 atom stereocenters. The molecule has 6 heteroatoms. The zero-order valence-electron chi connectivity index (χ0n) is 14.4. The standard InChI is InChI=1S/C18H25N5O/c1-14(2)23-17(20-13-21-23)12-22-10-6-9-19-18(24)16(22)11-15-7-4-3-5-8-15/h3-5,7-8,13-14,16H,6,9-12H2,1-2H3,(H,19,24). The largest absolute Gasteiger partial charge is 0.355 e. The minimum atomic E-state index is -0.174. The number of nitrogens with zero attached hydrogens (tertiary/aromatic N) is 4. The predicted octanol–water partition coefficient (Wildman–Crippen LogP) is 1.79. The summed E-state index contributed by atoms with van der Waals surface area (Å²) in [6.45, 7) is 6.44. The molecular formula is C18H25N5O. The van der Waals surface area contributed by atoms with Gasteiger partial charge in [0.2, 0.25) is 5.91 Å². The smallest absolute Gasteiger partial charge is 0.237 e. The molecule has 1 aliphatic heterocycles. The molecule has 1 unspecified atom stereocenters. The van der Waals surface area contributed by atoms with Gasteiger partial charge in [-0.2, -0.15) is 5.10 Å². The van der Waals surface area contributed by atoms with Gasteiger partial charge in [-0.25, -0.2) is 9.67 Å². The third kappa shape index (κ3) is 3.82. The molecule has 1 N–H and O–H groups in total. The topological polar surface area (TPSA) is 63.1 Å². The molecule has 1 amide bonds. The maximum Gasteiger partial charge on any atom is 0.237 e. The van der Waals surface area contributed by atoms with Crippen molar-refractivity contribution in [1.82, 2.24) is 25.0 Å². The van der Waals surface area contributed by atoms with Crippen molar-refractivity contribution in [1.29, 1.82) is 0 Å². The molecule has 1 aromatic heterocycles. The molecule has 1 aliphatic rings. The highest BCUT2D eigenvalue weighted by atomic mass is 16.2. The third-order valence-electron chi connectivity index (χ3n) is 4.42. The van der Waals surface area contributed by atoms with Crippen molar-refractivity contribution < 1.29 is 4.79 Å². The molecule has 24 heavy (non-hydrogen) atoms. The van der Waals surface area contributed by atoms with E-state index in [1.54, 1.807) is 6.33 Å². The SMILES string of the molecule is CC(C)n1ncnc1CN1CCCNC(=O)C1Cc1ccccc1. The van der Waals surface area contributed by atoms with Crippen LogP contribution in [0.25, 0.3) is 0 Å². The summed E-state index contributed by atoms with van der Waals surface area (Å²) in [4.78, 5) is 19.2. The van der Waals surface area contributed by atoms with Gasteiger partial charge in [0, 0.05) is 19.1 Å². The average Bonchev–Trinajstić information content (AvgIpc) is 2.98. The molecule has 0 radical (unpaired) electrons. The van der Waals surface area contributed by atoms with Gasteiger partial charge >= 0.3 is 0 Å². The molecule has 2 aromatic rings. The summed E-state index contributed by atoms with van der Waals surface area (Å²) in [5.41, 5.74) is 1.18. The second-order valence-electron chi connectivity index (χ2n) is 6.54. The first kappa shape index (κ1) is 16.6. The lowest BCUT2D eigenvalue weighted by Crippen LogP contribution is -2.45. The number of benzene rings is 1. The molecule has 1 aromatic carbocycles. The van der Waals surface area contributed by atoms with Crippen molar-refractivity contribution in [2.45, 2.75) is 45.3 Å². The Morgan fingerprint density at radius 1 is 1.29 bits per heavy atom. The Morgan fingerprint density at radius 3 is 2.83 bits per heavy atom. The van der Waals surface area contributed by atoms with Gasteiger partial charge < -0.3 is 5.32 Å². The summed E-state index contributed by atoms with van der Waals surface area (Å²) in [7, 11) is 0. The molecule has 1 fully saturated rings. The second-order valence-corrected chi connectivity index (χ2v) is 6.54. The Labute approximate surface area is 142 Å². The van der Waals surface area contributed by atoms with Crippen LogP contribution in [0.2, 0.25) is 0 Å². The summed E-state index contributed by atoms with van der Waals surface area (Å²) in [6, 6.07) is 10.3. The van der Waals surface area contributed by atoms with Crippen molar-refractivity contribution in [3.63, 3.8) is 0 Å². The molecule has 0 spiro atoms. The fraction of sp³-hybridized carbons (Fsp3) is 0.500. The van der Waals surface area contributed by atoms with Crippen LogP contribution in [0.3, 0.4) is 0 Å². The number of rotatable bonds is 5. The van der Waals surface area contributed by atoms with Crippen LogP contribution in [0, 0.1) is 0 Å². The predicted molar refractivity (Wildman–Crippen MR) is 92.4 cm³/mol. The summed E-state index contributed by atoms with van der Waals surface area (Å²) in [5, 5.41) is 7.35. The lowest BCUT2D eigenvalue weighted by molar-refractivity contribution is -0.125. The van der Waals surface area contributed by atoms with E-state index in [-0.39, 0.29) is 18.0 Å². The van der Waals surface area contributed by atoms with Crippen molar-refractivity contribution in [2.75, 3.05) is 13.1 Å². The van der Waals surface area contributed by atoms with Gasteiger partial charge in [0.25, 0.3) is 0 Å². The minimum absolute atomic E-state index is 0.104. The van der Waals surface area contributed by atoms with E-state index in [2.05, 4.69) is 46.3 Å². The van der Waals surface area contributed by atoms with E-state index in [0.29, 0.717) is 13.0 Å². The van der Waals surface area contributed by atoms with E-state index in [0.717, 1.165) is 25.3 Å². The maximum atomic E-state index is 12.6. The fourth-order valence-corrected chi connectivity index (χ4v) is 3.18. The number of aromatic nitrogens is 3. The van der Waals surface area contributed by atoms with Crippen LogP contribution < -0.4 is 5.32 Å². The van der Waals surface area contributed by atoms with Crippen LogP contribution in [0.15, 0.2) is 36.7 Å². The van der Waals surface area contributed by atoms with Gasteiger partial charge in [-0.05, 0) is 32.3 Å².